The monoisotopic (exact) mass is 214 g/mol. The first-order valence-electron chi connectivity index (χ1n) is 5.12. The Labute approximate surface area is 89.2 Å². The van der Waals surface area contributed by atoms with Gasteiger partial charge in [-0.25, -0.2) is 0 Å². The van der Waals surface area contributed by atoms with Crippen LogP contribution in [0, 0.1) is 11.3 Å². The van der Waals surface area contributed by atoms with Crippen molar-refractivity contribution in [2.45, 2.75) is 20.3 Å². The van der Waals surface area contributed by atoms with Crippen molar-refractivity contribution in [2.24, 2.45) is 11.3 Å². The summed E-state index contributed by atoms with van der Waals surface area (Å²) in [6.07, 6.45) is 0.489. The lowest BCUT2D eigenvalue weighted by Crippen LogP contribution is -2.46. The van der Waals surface area contributed by atoms with E-state index in [9.17, 15) is 9.59 Å². The summed E-state index contributed by atoms with van der Waals surface area (Å²) in [7, 11) is 0. The molecule has 1 aliphatic rings. The summed E-state index contributed by atoms with van der Waals surface area (Å²) in [5.41, 5.74) is -0.895. The van der Waals surface area contributed by atoms with Crippen LogP contribution < -0.4 is 10.6 Å². The molecule has 86 valence electrons. The first kappa shape index (κ1) is 12.0. The summed E-state index contributed by atoms with van der Waals surface area (Å²) in [5, 5.41) is 14.6. The summed E-state index contributed by atoms with van der Waals surface area (Å²) in [6, 6.07) is 0. The molecule has 1 fully saturated rings. The van der Waals surface area contributed by atoms with Crippen LogP contribution in [-0.4, -0.2) is 36.6 Å². The van der Waals surface area contributed by atoms with E-state index in [-0.39, 0.29) is 12.5 Å². The Bertz CT molecular complexity index is 259. The average molecular weight is 214 g/mol. The number of nitrogens with one attached hydrogen (secondary N) is 2. The summed E-state index contributed by atoms with van der Waals surface area (Å²) in [4.78, 5) is 22.1. The molecule has 0 unspecified atom stereocenters. The topological polar surface area (TPSA) is 78.4 Å². The third-order valence-electron chi connectivity index (χ3n) is 2.65. The van der Waals surface area contributed by atoms with E-state index < -0.39 is 11.4 Å². The zero-order valence-corrected chi connectivity index (χ0v) is 9.17. The van der Waals surface area contributed by atoms with Crippen molar-refractivity contribution >= 4 is 11.9 Å². The molecule has 1 aliphatic heterocycles. The second kappa shape index (κ2) is 4.61. The minimum Gasteiger partial charge on any atom is -0.481 e. The van der Waals surface area contributed by atoms with Crippen LogP contribution in [0.25, 0.3) is 0 Å². The van der Waals surface area contributed by atoms with Gasteiger partial charge in [0.25, 0.3) is 0 Å². The molecule has 0 saturated carbocycles. The fourth-order valence-electron chi connectivity index (χ4n) is 1.22. The molecule has 0 spiro atoms. The zero-order chi connectivity index (χ0) is 11.5. The van der Waals surface area contributed by atoms with Gasteiger partial charge < -0.3 is 15.7 Å². The Balaban J connectivity index is 2.23. The number of rotatable bonds is 5. The molecular weight excluding hydrogens is 196 g/mol. The quantitative estimate of drug-likeness (QED) is 0.593. The van der Waals surface area contributed by atoms with E-state index in [1.165, 1.54) is 0 Å². The largest absolute Gasteiger partial charge is 0.481 e. The van der Waals surface area contributed by atoms with Crippen LogP contribution in [0.4, 0.5) is 0 Å². The summed E-state index contributed by atoms with van der Waals surface area (Å²) >= 11 is 0. The van der Waals surface area contributed by atoms with Gasteiger partial charge >= 0.3 is 5.97 Å². The van der Waals surface area contributed by atoms with Gasteiger partial charge in [0.05, 0.1) is 5.41 Å². The van der Waals surface area contributed by atoms with E-state index in [1.54, 1.807) is 13.8 Å². The van der Waals surface area contributed by atoms with Gasteiger partial charge in [-0.1, -0.05) is 0 Å². The minimum absolute atomic E-state index is 0.0594. The van der Waals surface area contributed by atoms with Gasteiger partial charge in [-0.15, -0.1) is 0 Å². The number of carboxylic acid groups (broad SMARTS) is 1. The molecule has 0 bridgehead atoms. The van der Waals surface area contributed by atoms with Crippen molar-refractivity contribution in [1.29, 1.82) is 0 Å². The van der Waals surface area contributed by atoms with Crippen molar-refractivity contribution in [3.8, 4) is 0 Å². The smallest absolute Gasteiger partial charge is 0.310 e. The lowest BCUT2D eigenvalue weighted by atomic mass is 9.93. The second-order valence-electron chi connectivity index (χ2n) is 4.69. The highest BCUT2D eigenvalue weighted by Crippen LogP contribution is 2.14. The van der Waals surface area contributed by atoms with E-state index in [0.717, 1.165) is 13.1 Å². The molecule has 1 amide bonds. The summed E-state index contributed by atoms with van der Waals surface area (Å²) in [6.45, 7) is 5.15. The molecule has 3 N–H and O–H groups in total. The fraction of sp³-hybridized carbons (Fsp3) is 0.800. The number of amides is 1. The Kier molecular flexibility index (Phi) is 3.68. The SMILES string of the molecule is CC(C)(CNC(=O)CC1CNC1)C(=O)O. The molecule has 15 heavy (non-hydrogen) atoms. The fourth-order valence-corrected chi connectivity index (χ4v) is 1.22. The van der Waals surface area contributed by atoms with Gasteiger partial charge in [-0.05, 0) is 32.9 Å². The number of hydrogen-bond donors (Lipinski definition) is 3. The molecule has 5 heteroatoms. The highest BCUT2D eigenvalue weighted by Gasteiger charge is 2.28. The van der Waals surface area contributed by atoms with Crippen molar-refractivity contribution in [3.63, 3.8) is 0 Å². The third-order valence-corrected chi connectivity index (χ3v) is 2.65. The average Bonchev–Trinajstić information content (AvgIpc) is 2.08. The maximum atomic E-state index is 11.4. The van der Waals surface area contributed by atoms with Gasteiger partial charge in [0, 0.05) is 13.0 Å². The van der Waals surface area contributed by atoms with E-state index in [1.807, 2.05) is 0 Å². The van der Waals surface area contributed by atoms with Crippen molar-refractivity contribution in [3.05, 3.63) is 0 Å². The third kappa shape index (κ3) is 3.51. The molecule has 0 radical (unpaired) electrons. The van der Waals surface area contributed by atoms with Crippen LogP contribution >= 0.6 is 0 Å². The molecule has 0 aromatic heterocycles. The zero-order valence-electron chi connectivity index (χ0n) is 9.17. The van der Waals surface area contributed by atoms with Crippen LogP contribution in [0.5, 0.6) is 0 Å². The first-order chi connectivity index (χ1) is 6.92. The molecule has 1 saturated heterocycles. The molecule has 0 aliphatic carbocycles. The van der Waals surface area contributed by atoms with E-state index in [2.05, 4.69) is 10.6 Å². The van der Waals surface area contributed by atoms with E-state index in [0.29, 0.717) is 12.3 Å². The van der Waals surface area contributed by atoms with Gasteiger partial charge in [0.1, 0.15) is 0 Å². The molecule has 1 rings (SSSR count). The van der Waals surface area contributed by atoms with Crippen LogP contribution in [0.1, 0.15) is 20.3 Å². The van der Waals surface area contributed by atoms with E-state index in [4.69, 9.17) is 5.11 Å². The molecular formula is C10H18N2O3. The number of hydrogen-bond acceptors (Lipinski definition) is 3. The van der Waals surface area contributed by atoms with Crippen molar-refractivity contribution < 1.29 is 14.7 Å². The molecule has 0 aromatic rings. The Morgan fingerprint density at radius 2 is 2.07 bits per heavy atom. The lowest BCUT2D eigenvalue weighted by molar-refractivity contribution is -0.146. The Hall–Kier alpha value is -1.10. The molecule has 1 heterocycles. The molecule has 5 nitrogen and oxygen atoms in total. The Morgan fingerprint density at radius 1 is 1.47 bits per heavy atom. The minimum atomic E-state index is -0.895. The standard InChI is InChI=1S/C10H18N2O3/c1-10(2,9(14)15)6-12-8(13)3-7-4-11-5-7/h7,11H,3-6H2,1-2H3,(H,12,13)(H,14,15). The van der Waals surface area contributed by atoms with Crippen LogP contribution in [0.15, 0.2) is 0 Å². The van der Waals surface area contributed by atoms with Gasteiger partial charge in [0.2, 0.25) is 5.91 Å². The summed E-state index contributed by atoms with van der Waals surface area (Å²) in [5.74, 6) is -0.540. The summed E-state index contributed by atoms with van der Waals surface area (Å²) < 4.78 is 0. The Morgan fingerprint density at radius 3 is 2.47 bits per heavy atom. The predicted molar refractivity (Wildman–Crippen MR) is 55.4 cm³/mol. The first-order valence-corrected chi connectivity index (χ1v) is 5.12. The highest BCUT2D eigenvalue weighted by molar-refractivity contribution is 5.78. The van der Waals surface area contributed by atoms with Crippen LogP contribution in [0.3, 0.4) is 0 Å². The van der Waals surface area contributed by atoms with Crippen molar-refractivity contribution in [1.82, 2.24) is 10.6 Å². The van der Waals surface area contributed by atoms with Gasteiger partial charge in [-0.2, -0.15) is 0 Å². The highest BCUT2D eigenvalue weighted by atomic mass is 16.4. The number of carbonyl (C=O) groups excluding carboxylic acids is 1. The maximum Gasteiger partial charge on any atom is 0.310 e. The van der Waals surface area contributed by atoms with Crippen LogP contribution in [0.2, 0.25) is 0 Å². The number of carboxylic acids is 1. The molecule has 0 aromatic carbocycles. The van der Waals surface area contributed by atoms with Gasteiger partial charge in [-0.3, -0.25) is 9.59 Å². The molecule has 0 atom stereocenters. The van der Waals surface area contributed by atoms with Crippen molar-refractivity contribution in [2.75, 3.05) is 19.6 Å². The second-order valence-corrected chi connectivity index (χ2v) is 4.69. The number of aliphatic carboxylic acids is 1. The van der Waals surface area contributed by atoms with Crippen LogP contribution in [-0.2, 0) is 9.59 Å². The van der Waals surface area contributed by atoms with E-state index >= 15 is 0 Å². The maximum absolute atomic E-state index is 11.4. The normalized spacial score (nSPS) is 16.9. The number of carbonyl (C=O) groups is 2. The lowest BCUT2D eigenvalue weighted by Gasteiger charge is -2.27. The van der Waals surface area contributed by atoms with Gasteiger partial charge in [0.15, 0.2) is 0 Å². The predicted octanol–water partition coefficient (Wildman–Crippen LogP) is -0.177.